The summed E-state index contributed by atoms with van der Waals surface area (Å²) < 4.78 is 6.91. The van der Waals surface area contributed by atoms with E-state index in [1.807, 2.05) is 0 Å². The summed E-state index contributed by atoms with van der Waals surface area (Å²) >= 11 is 3.67. The van der Waals surface area contributed by atoms with E-state index in [2.05, 4.69) is 65.4 Å². The Morgan fingerprint density at radius 2 is 2.11 bits per heavy atom. The maximum atomic E-state index is 5.84. The Bertz CT molecular complexity index is 594. The van der Waals surface area contributed by atoms with Crippen LogP contribution in [0.25, 0.3) is 10.8 Å². The molecule has 0 saturated carbocycles. The van der Waals surface area contributed by atoms with Crippen LogP contribution in [0.15, 0.2) is 34.8 Å². The van der Waals surface area contributed by atoms with E-state index in [1.165, 1.54) is 16.3 Å². The topological polar surface area (TPSA) is 21.3 Å². The summed E-state index contributed by atoms with van der Waals surface area (Å²) in [6.07, 6.45) is 0. The number of hydrogen-bond donors (Lipinski definition) is 1. The van der Waals surface area contributed by atoms with Gasteiger partial charge in [-0.3, -0.25) is 0 Å². The van der Waals surface area contributed by atoms with Crippen molar-refractivity contribution in [1.82, 2.24) is 5.32 Å². The van der Waals surface area contributed by atoms with Crippen LogP contribution < -0.4 is 10.1 Å². The molecule has 0 bridgehead atoms. The number of benzene rings is 2. The highest BCUT2D eigenvalue weighted by atomic mass is 79.9. The fourth-order valence-corrected chi connectivity index (χ4v) is 3.21. The first-order chi connectivity index (χ1) is 8.66. The van der Waals surface area contributed by atoms with Crippen molar-refractivity contribution in [3.8, 4) is 5.75 Å². The van der Waals surface area contributed by atoms with E-state index >= 15 is 0 Å². The number of ether oxygens (including phenoxy) is 1. The lowest BCUT2D eigenvalue weighted by Gasteiger charge is -2.15. The minimum absolute atomic E-state index is 0.293. The Hall–Kier alpha value is -1.06. The van der Waals surface area contributed by atoms with Crippen molar-refractivity contribution in [2.45, 2.75) is 25.9 Å². The zero-order chi connectivity index (χ0) is 12.7. The van der Waals surface area contributed by atoms with Gasteiger partial charge in [-0.2, -0.15) is 0 Å². The van der Waals surface area contributed by atoms with E-state index in [0.29, 0.717) is 18.7 Å². The van der Waals surface area contributed by atoms with Gasteiger partial charge < -0.3 is 10.1 Å². The summed E-state index contributed by atoms with van der Waals surface area (Å²) in [5.41, 5.74) is 1.26. The molecule has 0 radical (unpaired) electrons. The smallest absolute Gasteiger partial charge is 0.139 e. The van der Waals surface area contributed by atoms with Gasteiger partial charge in [-0.15, -0.1) is 0 Å². The van der Waals surface area contributed by atoms with Crippen molar-refractivity contribution in [2.75, 3.05) is 6.61 Å². The molecule has 1 N–H and O–H groups in total. The second-order valence-corrected chi connectivity index (χ2v) is 5.81. The van der Waals surface area contributed by atoms with E-state index in [-0.39, 0.29) is 0 Å². The SMILES string of the molecule is CC(C)NC1COc2c1cc1ccccc1c2Br. The zero-order valence-electron chi connectivity index (χ0n) is 10.5. The molecule has 1 atom stereocenters. The maximum absolute atomic E-state index is 5.84. The number of nitrogens with one attached hydrogen (secondary N) is 1. The number of hydrogen-bond acceptors (Lipinski definition) is 2. The lowest BCUT2D eigenvalue weighted by molar-refractivity contribution is 0.302. The Kier molecular flexibility index (Phi) is 3.04. The molecule has 0 saturated heterocycles. The van der Waals surface area contributed by atoms with Gasteiger partial charge in [-0.05, 0) is 32.8 Å². The summed E-state index contributed by atoms with van der Waals surface area (Å²) in [6.45, 7) is 5.03. The minimum Gasteiger partial charge on any atom is -0.490 e. The number of rotatable bonds is 2. The molecule has 18 heavy (non-hydrogen) atoms. The van der Waals surface area contributed by atoms with Crippen LogP contribution in [-0.4, -0.2) is 12.6 Å². The van der Waals surface area contributed by atoms with E-state index in [0.717, 1.165) is 10.2 Å². The Morgan fingerprint density at radius 3 is 2.89 bits per heavy atom. The lowest BCUT2D eigenvalue weighted by Crippen LogP contribution is -2.28. The molecule has 2 aromatic carbocycles. The first-order valence-corrected chi connectivity index (χ1v) is 7.06. The number of halogens is 1. The van der Waals surface area contributed by atoms with Crippen LogP contribution in [0.3, 0.4) is 0 Å². The van der Waals surface area contributed by atoms with Crippen molar-refractivity contribution in [3.63, 3.8) is 0 Å². The zero-order valence-corrected chi connectivity index (χ0v) is 12.1. The molecular formula is C15H16BrNO. The summed E-state index contributed by atoms with van der Waals surface area (Å²) in [5.74, 6) is 0.992. The van der Waals surface area contributed by atoms with Crippen LogP contribution in [0.5, 0.6) is 5.75 Å². The number of fused-ring (bicyclic) bond motifs is 2. The van der Waals surface area contributed by atoms with Crippen LogP contribution >= 0.6 is 15.9 Å². The Labute approximate surface area is 115 Å². The van der Waals surface area contributed by atoms with Gasteiger partial charge in [0.2, 0.25) is 0 Å². The highest BCUT2D eigenvalue weighted by molar-refractivity contribution is 9.10. The molecule has 3 heteroatoms. The summed E-state index contributed by atoms with van der Waals surface area (Å²) in [4.78, 5) is 0. The van der Waals surface area contributed by atoms with E-state index in [4.69, 9.17) is 4.74 Å². The van der Waals surface area contributed by atoms with Gasteiger partial charge in [0.05, 0.1) is 10.5 Å². The molecule has 1 unspecified atom stereocenters. The van der Waals surface area contributed by atoms with Gasteiger partial charge in [0.1, 0.15) is 12.4 Å². The molecule has 0 aliphatic carbocycles. The molecule has 1 heterocycles. The Balaban J connectivity index is 2.14. The van der Waals surface area contributed by atoms with Gasteiger partial charge in [-0.1, -0.05) is 38.1 Å². The van der Waals surface area contributed by atoms with Crippen LogP contribution in [-0.2, 0) is 0 Å². The van der Waals surface area contributed by atoms with E-state index in [1.54, 1.807) is 0 Å². The standard InChI is InChI=1S/C15H16BrNO/c1-9(2)17-13-8-18-15-12(13)7-10-5-3-4-6-11(10)14(15)16/h3-7,9,13,17H,8H2,1-2H3. The highest BCUT2D eigenvalue weighted by Crippen LogP contribution is 2.43. The molecule has 2 aromatic rings. The van der Waals surface area contributed by atoms with Crippen molar-refractivity contribution in [2.24, 2.45) is 0 Å². The highest BCUT2D eigenvalue weighted by Gasteiger charge is 2.27. The fraction of sp³-hybridized carbons (Fsp3) is 0.333. The van der Waals surface area contributed by atoms with Crippen molar-refractivity contribution >= 4 is 26.7 Å². The molecule has 1 aliphatic rings. The average Bonchev–Trinajstić information content (AvgIpc) is 2.73. The molecule has 2 nitrogen and oxygen atoms in total. The third-order valence-electron chi connectivity index (χ3n) is 3.27. The van der Waals surface area contributed by atoms with E-state index < -0.39 is 0 Å². The minimum atomic E-state index is 0.293. The predicted molar refractivity (Wildman–Crippen MR) is 78.2 cm³/mol. The third kappa shape index (κ3) is 1.91. The molecule has 1 aliphatic heterocycles. The Morgan fingerprint density at radius 1 is 1.33 bits per heavy atom. The molecule has 3 rings (SSSR count). The second-order valence-electron chi connectivity index (χ2n) is 5.01. The van der Waals surface area contributed by atoms with Crippen LogP contribution in [0.4, 0.5) is 0 Å². The molecule has 0 aromatic heterocycles. The quantitative estimate of drug-likeness (QED) is 0.904. The second kappa shape index (κ2) is 4.56. The molecule has 0 fully saturated rings. The van der Waals surface area contributed by atoms with E-state index in [9.17, 15) is 0 Å². The molecular weight excluding hydrogens is 290 g/mol. The van der Waals surface area contributed by atoms with Crippen LogP contribution in [0, 0.1) is 0 Å². The van der Waals surface area contributed by atoms with Crippen molar-refractivity contribution in [3.05, 3.63) is 40.4 Å². The fourth-order valence-electron chi connectivity index (χ4n) is 2.51. The normalized spacial score (nSPS) is 18.1. The van der Waals surface area contributed by atoms with Gasteiger partial charge >= 0.3 is 0 Å². The summed E-state index contributed by atoms with van der Waals surface area (Å²) in [5, 5.41) is 6.01. The maximum Gasteiger partial charge on any atom is 0.139 e. The monoisotopic (exact) mass is 305 g/mol. The molecule has 94 valence electrons. The average molecular weight is 306 g/mol. The predicted octanol–water partition coefficient (Wildman–Crippen LogP) is 4.03. The van der Waals surface area contributed by atoms with Crippen molar-refractivity contribution < 1.29 is 4.74 Å². The van der Waals surface area contributed by atoms with Gasteiger partial charge in [0.25, 0.3) is 0 Å². The summed E-state index contributed by atoms with van der Waals surface area (Å²) in [7, 11) is 0. The third-order valence-corrected chi connectivity index (χ3v) is 4.06. The first kappa shape index (κ1) is 12.0. The largest absolute Gasteiger partial charge is 0.490 e. The van der Waals surface area contributed by atoms with Gasteiger partial charge in [0, 0.05) is 11.6 Å². The molecule has 0 amide bonds. The molecule has 0 spiro atoms. The van der Waals surface area contributed by atoms with Crippen molar-refractivity contribution in [1.29, 1.82) is 0 Å². The van der Waals surface area contributed by atoms with Crippen LogP contribution in [0.1, 0.15) is 25.5 Å². The summed E-state index contributed by atoms with van der Waals surface area (Å²) in [6, 6.07) is 11.4. The van der Waals surface area contributed by atoms with Crippen LogP contribution in [0.2, 0.25) is 0 Å². The first-order valence-electron chi connectivity index (χ1n) is 6.27. The lowest BCUT2D eigenvalue weighted by atomic mass is 10.0. The van der Waals surface area contributed by atoms with Gasteiger partial charge in [0.15, 0.2) is 0 Å². The van der Waals surface area contributed by atoms with Gasteiger partial charge in [-0.25, -0.2) is 0 Å².